The normalized spacial score (nSPS) is 15.0. The number of carbonyl (C=O) groups excluding carboxylic acids is 2. The second kappa shape index (κ2) is 9.31. The van der Waals surface area contributed by atoms with Gasteiger partial charge in [-0.25, -0.2) is 4.98 Å². The van der Waals surface area contributed by atoms with Crippen LogP contribution in [0.1, 0.15) is 37.0 Å². The number of hydrogen-bond donors (Lipinski definition) is 1. The lowest BCUT2D eigenvalue weighted by molar-refractivity contribution is -0.130. The zero-order valence-electron chi connectivity index (χ0n) is 16.7. The average molecular weight is 420 g/mol. The summed E-state index contributed by atoms with van der Waals surface area (Å²) in [5.74, 6) is 0.708. The third-order valence-electron chi connectivity index (χ3n) is 4.99. The minimum Gasteiger partial charge on any atom is -0.490 e. The van der Waals surface area contributed by atoms with E-state index in [4.69, 9.17) is 26.8 Å². The Balaban J connectivity index is 1.76. The number of hydrogen-bond acceptors (Lipinski definition) is 5. The molecule has 1 aliphatic rings. The molecule has 0 radical (unpaired) electrons. The molecular weight excluding hydrogens is 394 g/mol. The summed E-state index contributed by atoms with van der Waals surface area (Å²) in [5, 5.41) is 1.57. The van der Waals surface area contributed by atoms with E-state index in [-0.39, 0.29) is 17.9 Å². The Bertz CT molecular complexity index is 895. The molecule has 2 amide bonds. The van der Waals surface area contributed by atoms with Crippen LogP contribution in [-0.2, 0) is 4.79 Å². The lowest BCUT2D eigenvalue weighted by atomic mass is 9.98. The zero-order valence-corrected chi connectivity index (χ0v) is 17.4. The van der Waals surface area contributed by atoms with E-state index in [1.54, 1.807) is 23.2 Å². The Morgan fingerprint density at radius 2 is 2.03 bits per heavy atom. The number of nitrogens with two attached hydrogens (primary N) is 1. The van der Waals surface area contributed by atoms with E-state index in [9.17, 15) is 9.59 Å². The number of likely N-dealkylation sites (tertiary alicyclic amines) is 1. The van der Waals surface area contributed by atoms with E-state index in [0.717, 1.165) is 23.6 Å². The molecule has 0 aliphatic carbocycles. The molecule has 3 rings (SSSR count). The maximum Gasteiger partial charge on any atom is 0.252 e. The summed E-state index contributed by atoms with van der Waals surface area (Å²) in [6, 6.07) is 5.28. The van der Waals surface area contributed by atoms with Crippen molar-refractivity contribution in [2.24, 2.45) is 11.7 Å². The Morgan fingerprint density at radius 3 is 2.66 bits per heavy atom. The van der Waals surface area contributed by atoms with Crippen LogP contribution in [-0.4, -0.2) is 53.4 Å². The van der Waals surface area contributed by atoms with Crippen molar-refractivity contribution in [1.29, 1.82) is 0 Å². The molecule has 0 bridgehead atoms. The van der Waals surface area contributed by atoms with Crippen LogP contribution in [0.3, 0.4) is 0 Å². The van der Waals surface area contributed by atoms with Gasteiger partial charge in [-0.1, -0.05) is 0 Å². The maximum atomic E-state index is 11.8. The Kier molecular flexibility index (Phi) is 6.79. The van der Waals surface area contributed by atoms with Gasteiger partial charge in [0.15, 0.2) is 0 Å². The number of benzene rings is 1. The van der Waals surface area contributed by atoms with E-state index in [1.807, 2.05) is 19.9 Å². The first-order valence-electron chi connectivity index (χ1n) is 9.74. The lowest BCUT2D eigenvalue weighted by Gasteiger charge is -2.31. The highest BCUT2D eigenvalue weighted by Crippen LogP contribution is 2.32. The molecule has 1 aromatic carbocycles. The van der Waals surface area contributed by atoms with E-state index in [1.165, 1.54) is 0 Å². The molecule has 0 spiro atoms. The molecular formula is C21H26ClN3O4. The summed E-state index contributed by atoms with van der Waals surface area (Å²) in [5.41, 5.74) is 5.85. The number of pyridine rings is 1. The first kappa shape index (κ1) is 21.2. The number of ether oxygens (including phenoxy) is 2. The standard InChI is InChI=1S/C21H26ClN3O4/c1-13(2)29-18-10-16-15(9-17(18)20(23)27)3-6-24-21(16)28-12-14-4-7-25(8-5-14)19(26)11-22/h3,6,9-10,13-14H,4-5,7-8,11-12H2,1-2H3,(H2,23,27). The molecule has 1 saturated heterocycles. The first-order chi connectivity index (χ1) is 13.9. The highest BCUT2D eigenvalue weighted by molar-refractivity contribution is 6.27. The largest absolute Gasteiger partial charge is 0.490 e. The number of amides is 2. The van der Waals surface area contributed by atoms with Gasteiger partial charge in [-0.05, 0) is 56.2 Å². The van der Waals surface area contributed by atoms with Gasteiger partial charge >= 0.3 is 0 Å². The molecule has 7 nitrogen and oxygen atoms in total. The van der Waals surface area contributed by atoms with Crippen LogP contribution >= 0.6 is 11.6 Å². The first-order valence-corrected chi connectivity index (χ1v) is 10.3. The summed E-state index contributed by atoms with van der Waals surface area (Å²) in [7, 11) is 0. The van der Waals surface area contributed by atoms with Crippen LogP contribution in [0.4, 0.5) is 0 Å². The maximum absolute atomic E-state index is 11.8. The highest BCUT2D eigenvalue weighted by atomic mass is 35.5. The van der Waals surface area contributed by atoms with Crippen molar-refractivity contribution >= 4 is 34.2 Å². The number of primary amides is 1. The van der Waals surface area contributed by atoms with Crippen LogP contribution in [0.2, 0.25) is 0 Å². The van der Waals surface area contributed by atoms with Gasteiger partial charge in [0.2, 0.25) is 11.8 Å². The smallest absolute Gasteiger partial charge is 0.252 e. The van der Waals surface area contributed by atoms with Crippen molar-refractivity contribution in [1.82, 2.24) is 9.88 Å². The van der Waals surface area contributed by atoms with Gasteiger partial charge in [0.25, 0.3) is 5.91 Å². The summed E-state index contributed by atoms with van der Waals surface area (Å²) >= 11 is 5.63. The fourth-order valence-electron chi connectivity index (χ4n) is 3.46. The molecule has 1 aliphatic heterocycles. The number of alkyl halides is 1. The molecule has 1 aromatic heterocycles. The van der Waals surface area contributed by atoms with Crippen molar-refractivity contribution in [3.8, 4) is 11.6 Å². The quantitative estimate of drug-likeness (QED) is 0.696. The second-order valence-corrected chi connectivity index (χ2v) is 7.75. The Hall–Kier alpha value is -2.54. The van der Waals surface area contributed by atoms with Gasteiger partial charge in [-0.3, -0.25) is 9.59 Å². The van der Waals surface area contributed by atoms with Gasteiger partial charge in [0, 0.05) is 24.7 Å². The highest BCUT2D eigenvalue weighted by Gasteiger charge is 2.23. The minimum absolute atomic E-state index is 0.0230. The Labute approximate surface area is 175 Å². The van der Waals surface area contributed by atoms with Crippen molar-refractivity contribution in [3.63, 3.8) is 0 Å². The number of fused-ring (bicyclic) bond motifs is 1. The van der Waals surface area contributed by atoms with Crippen molar-refractivity contribution < 1.29 is 19.1 Å². The summed E-state index contributed by atoms with van der Waals surface area (Å²) in [6.07, 6.45) is 3.27. The second-order valence-electron chi connectivity index (χ2n) is 7.49. The van der Waals surface area contributed by atoms with Crippen LogP contribution in [0.25, 0.3) is 10.8 Å². The molecule has 2 N–H and O–H groups in total. The number of carbonyl (C=O) groups is 2. The number of aromatic nitrogens is 1. The van der Waals surface area contributed by atoms with E-state index < -0.39 is 5.91 Å². The topological polar surface area (TPSA) is 94.8 Å². The summed E-state index contributed by atoms with van der Waals surface area (Å²) in [6.45, 7) is 5.66. The predicted octanol–water partition coefficient (Wildman–Crippen LogP) is 2.98. The van der Waals surface area contributed by atoms with E-state index in [2.05, 4.69) is 4.98 Å². The number of piperidine rings is 1. The van der Waals surface area contributed by atoms with Crippen LogP contribution in [0.15, 0.2) is 24.4 Å². The number of rotatable bonds is 7. The molecule has 156 valence electrons. The third kappa shape index (κ3) is 5.09. The average Bonchev–Trinajstić information content (AvgIpc) is 2.71. The molecule has 0 saturated carbocycles. The molecule has 29 heavy (non-hydrogen) atoms. The zero-order chi connectivity index (χ0) is 21.0. The molecule has 0 unspecified atom stereocenters. The number of nitrogens with zero attached hydrogens (tertiary/aromatic N) is 2. The molecule has 2 heterocycles. The number of halogens is 1. The Morgan fingerprint density at radius 1 is 1.31 bits per heavy atom. The van der Waals surface area contributed by atoms with Gasteiger partial charge in [-0.15, -0.1) is 11.6 Å². The van der Waals surface area contributed by atoms with Crippen LogP contribution in [0.5, 0.6) is 11.6 Å². The summed E-state index contributed by atoms with van der Waals surface area (Å²) in [4.78, 5) is 29.7. The van der Waals surface area contributed by atoms with Gasteiger partial charge in [0.1, 0.15) is 11.6 Å². The van der Waals surface area contributed by atoms with Crippen molar-refractivity contribution in [2.45, 2.75) is 32.8 Å². The molecule has 1 fully saturated rings. The molecule has 0 atom stereocenters. The van der Waals surface area contributed by atoms with Gasteiger partial charge in [0.05, 0.1) is 18.3 Å². The molecule has 2 aromatic rings. The van der Waals surface area contributed by atoms with Crippen molar-refractivity contribution in [3.05, 3.63) is 30.0 Å². The minimum atomic E-state index is -0.542. The fourth-order valence-corrected chi connectivity index (χ4v) is 3.63. The van der Waals surface area contributed by atoms with E-state index in [0.29, 0.717) is 42.8 Å². The van der Waals surface area contributed by atoms with Gasteiger partial charge < -0.3 is 20.1 Å². The van der Waals surface area contributed by atoms with Gasteiger partial charge in [-0.2, -0.15) is 0 Å². The monoisotopic (exact) mass is 419 g/mol. The van der Waals surface area contributed by atoms with Crippen molar-refractivity contribution in [2.75, 3.05) is 25.6 Å². The van der Waals surface area contributed by atoms with Crippen LogP contribution < -0.4 is 15.2 Å². The third-order valence-corrected chi connectivity index (χ3v) is 5.22. The summed E-state index contributed by atoms with van der Waals surface area (Å²) < 4.78 is 11.8. The van der Waals surface area contributed by atoms with Crippen LogP contribution in [0, 0.1) is 5.92 Å². The van der Waals surface area contributed by atoms with E-state index >= 15 is 0 Å². The SMILES string of the molecule is CC(C)Oc1cc2c(OCC3CCN(C(=O)CCl)CC3)nccc2cc1C(N)=O. The fraction of sp³-hybridized carbons (Fsp3) is 0.476. The molecule has 8 heteroatoms. The lowest BCUT2D eigenvalue weighted by Crippen LogP contribution is -2.40. The predicted molar refractivity (Wildman–Crippen MR) is 112 cm³/mol.